The molecule has 1 atom stereocenters. The van der Waals surface area contributed by atoms with E-state index in [4.69, 9.17) is 0 Å². The Balaban J connectivity index is 2.22. The van der Waals surface area contributed by atoms with Crippen LogP contribution in [0.4, 0.5) is 0 Å². The first kappa shape index (κ1) is 15.5. The molecule has 0 aromatic carbocycles. The van der Waals surface area contributed by atoms with Crippen molar-refractivity contribution in [1.29, 1.82) is 0 Å². The smallest absolute Gasteiger partial charge is 0.311 e. The van der Waals surface area contributed by atoms with Crippen molar-refractivity contribution < 1.29 is 14.7 Å². The standard InChI is InChI=1S/C15H23N3O3/c1-4-6-15(14(20)21)7-5-8-18(10-15)13(19)12-9-16-17(3)11(12)2/h9H,4-8,10H2,1-3H3,(H,20,21). The maximum Gasteiger partial charge on any atom is 0.311 e. The predicted octanol–water partition coefficient (Wildman–Crippen LogP) is 1.84. The molecule has 0 spiro atoms. The van der Waals surface area contributed by atoms with Gasteiger partial charge < -0.3 is 10.0 Å². The maximum atomic E-state index is 12.6. The van der Waals surface area contributed by atoms with Crippen LogP contribution in [0.15, 0.2) is 6.20 Å². The zero-order valence-electron chi connectivity index (χ0n) is 12.9. The molecule has 116 valence electrons. The zero-order chi connectivity index (χ0) is 15.6. The number of aliphatic carboxylic acids is 1. The van der Waals surface area contributed by atoms with Gasteiger partial charge in [-0.1, -0.05) is 13.3 Å². The van der Waals surface area contributed by atoms with Gasteiger partial charge in [-0.05, 0) is 26.2 Å². The van der Waals surface area contributed by atoms with E-state index in [-0.39, 0.29) is 5.91 Å². The highest BCUT2D eigenvalue weighted by Gasteiger charge is 2.43. The molecule has 1 aromatic heterocycles. The molecule has 0 radical (unpaired) electrons. The molecule has 2 rings (SSSR count). The van der Waals surface area contributed by atoms with Crippen LogP contribution in [0.1, 0.15) is 48.7 Å². The zero-order valence-corrected chi connectivity index (χ0v) is 12.9. The molecule has 1 aromatic rings. The first-order valence-electron chi connectivity index (χ1n) is 7.42. The van der Waals surface area contributed by atoms with Crippen molar-refractivity contribution in [3.63, 3.8) is 0 Å². The average molecular weight is 293 g/mol. The molecule has 1 saturated heterocycles. The fourth-order valence-electron chi connectivity index (χ4n) is 3.15. The van der Waals surface area contributed by atoms with Crippen LogP contribution in [0.25, 0.3) is 0 Å². The third-order valence-electron chi connectivity index (χ3n) is 4.51. The lowest BCUT2D eigenvalue weighted by atomic mass is 9.76. The van der Waals surface area contributed by atoms with Crippen LogP contribution in [0.3, 0.4) is 0 Å². The summed E-state index contributed by atoms with van der Waals surface area (Å²) in [4.78, 5) is 26.0. The first-order chi connectivity index (χ1) is 9.91. The molecule has 1 N–H and O–H groups in total. The molecule has 1 amide bonds. The van der Waals surface area contributed by atoms with Gasteiger partial charge in [0.1, 0.15) is 0 Å². The highest BCUT2D eigenvalue weighted by Crippen LogP contribution is 2.35. The van der Waals surface area contributed by atoms with E-state index in [1.807, 2.05) is 13.8 Å². The Morgan fingerprint density at radius 3 is 2.71 bits per heavy atom. The number of carboxylic acid groups (broad SMARTS) is 1. The predicted molar refractivity (Wildman–Crippen MR) is 78.1 cm³/mol. The number of piperidine rings is 1. The normalized spacial score (nSPS) is 22.3. The van der Waals surface area contributed by atoms with Crippen molar-refractivity contribution in [2.75, 3.05) is 13.1 Å². The summed E-state index contributed by atoms with van der Waals surface area (Å²) >= 11 is 0. The summed E-state index contributed by atoms with van der Waals surface area (Å²) < 4.78 is 1.66. The van der Waals surface area contributed by atoms with Crippen molar-refractivity contribution in [2.24, 2.45) is 12.5 Å². The number of hydrogen-bond acceptors (Lipinski definition) is 3. The topological polar surface area (TPSA) is 75.4 Å². The summed E-state index contributed by atoms with van der Waals surface area (Å²) in [6.07, 6.45) is 4.36. The Kier molecular flexibility index (Phi) is 4.34. The van der Waals surface area contributed by atoms with Gasteiger partial charge >= 0.3 is 5.97 Å². The van der Waals surface area contributed by atoms with Crippen LogP contribution in [0.2, 0.25) is 0 Å². The Morgan fingerprint density at radius 2 is 2.19 bits per heavy atom. The first-order valence-corrected chi connectivity index (χ1v) is 7.42. The second-order valence-electron chi connectivity index (χ2n) is 5.93. The Labute approximate surface area is 124 Å². The molecule has 0 bridgehead atoms. The number of carbonyl (C=O) groups excluding carboxylic acids is 1. The average Bonchev–Trinajstić information content (AvgIpc) is 2.79. The maximum absolute atomic E-state index is 12.6. The Hall–Kier alpha value is -1.85. The minimum atomic E-state index is -0.793. The second-order valence-corrected chi connectivity index (χ2v) is 5.93. The van der Waals surface area contributed by atoms with Gasteiger partial charge in [0.15, 0.2) is 0 Å². The molecular weight excluding hydrogens is 270 g/mol. The molecule has 1 aliphatic heterocycles. The number of aryl methyl sites for hydroxylation is 1. The molecular formula is C15H23N3O3. The van der Waals surface area contributed by atoms with Crippen LogP contribution >= 0.6 is 0 Å². The quantitative estimate of drug-likeness (QED) is 0.919. The van der Waals surface area contributed by atoms with Crippen LogP contribution in [-0.2, 0) is 11.8 Å². The van der Waals surface area contributed by atoms with Gasteiger partial charge in [-0.15, -0.1) is 0 Å². The molecule has 0 aliphatic carbocycles. The van der Waals surface area contributed by atoms with Crippen LogP contribution in [0.5, 0.6) is 0 Å². The van der Waals surface area contributed by atoms with Gasteiger partial charge in [0, 0.05) is 25.8 Å². The molecule has 1 fully saturated rings. The van der Waals surface area contributed by atoms with E-state index in [9.17, 15) is 14.7 Å². The molecule has 1 aliphatic rings. The van der Waals surface area contributed by atoms with Crippen LogP contribution in [0, 0.1) is 12.3 Å². The Bertz CT molecular complexity index is 548. The van der Waals surface area contributed by atoms with Crippen LogP contribution < -0.4 is 0 Å². The minimum Gasteiger partial charge on any atom is -0.481 e. The fourth-order valence-corrected chi connectivity index (χ4v) is 3.15. The van der Waals surface area contributed by atoms with Crippen molar-refractivity contribution in [3.05, 3.63) is 17.5 Å². The summed E-state index contributed by atoms with van der Waals surface area (Å²) in [5.74, 6) is -0.896. The van der Waals surface area contributed by atoms with Gasteiger partial charge in [0.05, 0.1) is 17.2 Å². The van der Waals surface area contributed by atoms with E-state index in [0.717, 1.165) is 18.5 Å². The largest absolute Gasteiger partial charge is 0.481 e. The van der Waals surface area contributed by atoms with E-state index in [0.29, 0.717) is 31.5 Å². The number of likely N-dealkylation sites (tertiary alicyclic amines) is 1. The summed E-state index contributed by atoms with van der Waals surface area (Å²) in [5, 5.41) is 13.7. The minimum absolute atomic E-state index is 0.109. The number of carbonyl (C=O) groups is 2. The van der Waals surface area contributed by atoms with Crippen molar-refractivity contribution in [2.45, 2.75) is 39.5 Å². The molecule has 21 heavy (non-hydrogen) atoms. The second kappa shape index (κ2) is 5.87. The van der Waals surface area contributed by atoms with E-state index < -0.39 is 11.4 Å². The van der Waals surface area contributed by atoms with E-state index >= 15 is 0 Å². The summed E-state index contributed by atoms with van der Waals surface area (Å²) in [7, 11) is 1.79. The molecule has 0 saturated carbocycles. The fraction of sp³-hybridized carbons (Fsp3) is 0.667. The SMILES string of the molecule is CCCC1(C(=O)O)CCCN(C(=O)c2cnn(C)c2C)C1. The highest BCUT2D eigenvalue weighted by atomic mass is 16.4. The summed E-state index contributed by atoms with van der Waals surface area (Å²) in [6, 6.07) is 0. The molecule has 6 nitrogen and oxygen atoms in total. The van der Waals surface area contributed by atoms with Gasteiger partial charge in [0.25, 0.3) is 5.91 Å². The monoisotopic (exact) mass is 293 g/mol. The number of aromatic nitrogens is 2. The van der Waals surface area contributed by atoms with E-state index in [1.54, 1.807) is 22.8 Å². The van der Waals surface area contributed by atoms with Crippen molar-refractivity contribution in [1.82, 2.24) is 14.7 Å². The number of carboxylic acids is 1. The van der Waals surface area contributed by atoms with E-state index in [1.165, 1.54) is 0 Å². The third kappa shape index (κ3) is 2.80. The number of hydrogen-bond donors (Lipinski definition) is 1. The number of amides is 1. The van der Waals surface area contributed by atoms with Gasteiger partial charge in [-0.3, -0.25) is 14.3 Å². The lowest BCUT2D eigenvalue weighted by molar-refractivity contribution is -0.152. The molecule has 2 heterocycles. The lowest BCUT2D eigenvalue weighted by Crippen LogP contribution is -2.50. The lowest BCUT2D eigenvalue weighted by Gasteiger charge is -2.39. The van der Waals surface area contributed by atoms with Crippen LogP contribution in [-0.4, -0.2) is 44.8 Å². The van der Waals surface area contributed by atoms with Crippen molar-refractivity contribution >= 4 is 11.9 Å². The Morgan fingerprint density at radius 1 is 1.48 bits per heavy atom. The molecule has 6 heteroatoms. The summed E-state index contributed by atoms with van der Waals surface area (Å²) in [6.45, 7) is 4.74. The van der Waals surface area contributed by atoms with Gasteiger partial charge in [-0.25, -0.2) is 0 Å². The van der Waals surface area contributed by atoms with Gasteiger partial charge in [0.2, 0.25) is 0 Å². The van der Waals surface area contributed by atoms with E-state index in [2.05, 4.69) is 5.10 Å². The highest BCUT2D eigenvalue weighted by molar-refractivity contribution is 5.95. The molecule has 1 unspecified atom stereocenters. The third-order valence-corrected chi connectivity index (χ3v) is 4.51. The summed E-state index contributed by atoms with van der Waals surface area (Å²) in [5.41, 5.74) is 0.580. The van der Waals surface area contributed by atoms with Gasteiger partial charge in [-0.2, -0.15) is 5.10 Å². The number of nitrogens with zero attached hydrogens (tertiary/aromatic N) is 3. The van der Waals surface area contributed by atoms with Crippen molar-refractivity contribution in [3.8, 4) is 0 Å². The number of rotatable bonds is 4.